The van der Waals surface area contributed by atoms with E-state index in [-0.39, 0.29) is 11.9 Å². The van der Waals surface area contributed by atoms with Gasteiger partial charge < -0.3 is 44.7 Å². The zero-order chi connectivity index (χ0) is 43.1. The maximum Gasteiger partial charge on any atom is 0.322 e. The number of halogens is 1. The van der Waals surface area contributed by atoms with Gasteiger partial charge in [0.15, 0.2) is 0 Å². The van der Waals surface area contributed by atoms with Crippen LogP contribution in [0.5, 0.6) is 23.5 Å². The second kappa shape index (κ2) is 23.2. The van der Waals surface area contributed by atoms with E-state index in [4.69, 9.17) is 23.9 Å². The monoisotopic (exact) mass is 892 g/mol. The number of anilines is 4. The molecule has 19 heteroatoms. The normalized spacial score (nSPS) is 17.8. The Labute approximate surface area is 373 Å². The molecule has 0 amide bonds. The van der Waals surface area contributed by atoms with E-state index in [1.807, 2.05) is 37.4 Å². The second-order valence-corrected chi connectivity index (χ2v) is 17.7. The van der Waals surface area contributed by atoms with Gasteiger partial charge in [-0.25, -0.2) is 4.39 Å². The summed E-state index contributed by atoms with van der Waals surface area (Å²) in [7, 11) is 3.19. The molecule has 4 aliphatic heterocycles. The number of ether oxygens (including phenoxy) is 4. The summed E-state index contributed by atoms with van der Waals surface area (Å²) in [4.78, 5) is 33.8. The van der Waals surface area contributed by atoms with Crippen LogP contribution in [0.15, 0.2) is 36.4 Å². The van der Waals surface area contributed by atoms with Crippen LogP contribution < -0.4 is 44.7 Å². The molecule has 0 spiro atoms. The van der Waals surface area contributed by atoms with E-state index in [1.165, 1.54) is 12.1 Å². The van der Waals surface area contributed by atoms with E-state index >= 15 is 0 Å². The van der Waals surface area contributed by atoms with Crippen LogP contribution >= 0.6 is 23.5 Å². The molecule has 4 saturated heterocycles. The summed E-state index contributed by atoms with van der Waals surface area (Å²) in [6.07, 6.45) is 4.11. The summed E-state index contributed by atoms with van der Waals surface area (Å²) in [5.41, 5.74) is 2.85. The third kappa shape index (κ3) is 12.8. The molecule has 0 atom stereocenters. The van der Waals surface area contributed by atoms with Crippen LogP contribution in [-0.2, 0) is 6.54 Å². The molecule has 4 fully saturated rings. The first kappa shape index (κ1) is 45.4. The molecule has 2 aromatic carbocycles. The molecule has 0 bridgehead atoms. The molecule has 16 nitrogen and oxygen atoms in total. The van der Waals surface area contributed by atoms with Gasteiger partial charge in [0.1, 0.15) is 17.3 Å². The highest BCUT2D eigenvalue weighted by molar-refractivity contribution is 7.99. The molecule has 0 saturated carbocycles. The van der Waals surface area contributed by atoms with Crippen molar-refractivity contribution < 1.29 is 23.3 Å². The molecule has 0 radical (unpaired) electrons. The van der Waals surface area contributed by atoms with Gasteiger partial charge in [-0.05, 0) is 88.0 Å². The first-order valence-corrected chi connectivity index (χ1v) is 24.1. The van der Waals surface area contributed by atoms with Crippen molar-refractivity contribution in [1.29, 1.82) is 0 Å². The van der Waals surface area contributed by atoms with Crippen LogP contribution in [0.25, 0.3) is 11.1 Å². The zero-order valence-corrected chi connectivity index (χ0v) is 38.0. The molecule has 3 N–H and O–H groups in total. The van der Waals surface area contributed by atoms with Crippen molar-refractivity contribution in [3.05, 3.63) is 47.8 Å². The number of aromatic nitrogens is 6. The SMILES string of the molecule is CCOc1cc(CN2CCC(Nc3nc(OC)nc(N4CCSCC4)n3)CC2)cc(OCC)c1-c1ccc(F)cc1.COc1nc(NC2CCNCC2)nc(N2CCSCC2)n1. The van der Waals surface area contributed by atoms with Crippen LogP contribution in [0.3, 0.4) is 0 Å². The van der Waals surface area contributed by atoms with Gasteiger partial charge in [0, 0.05) is 80.9 Å². The fourth-order valence-corrected chi connectivity index (χ4v) is 9.62. The Balaban J connectivity index is 0.000000230. The Kier molecular flexibility index (Phi) is 17.0. The molecule has 0 unspecified atom stereocenters. The standard InChI is InChI=1S/C30H39FN6O3S.C13H22N6OS/c1-4-39-25-18-21(19-26(40-5-2)27(25)22-6-8-23(31)9-7-22)20-36-12-10-24(11-13-36)32-28-33-29(35-30(34-28)38-3)37-14-16-41-17-15-37;1-20-13-17-11(15-10-2-4-14-5-3-10)16-12(18-13)19-6-8-21-9-7-19/h6-9,18-19,24H,4-5,10-17,20H2,1-3H3,(H,32,33,34,35);10,14H,2-9H2,1H3,(H,15,16,17,18). The summed E-state index contributed by atoms with van der Waals surface area (Å²) < 4.78 is 36.3. The molecular formula is C43H61FN12O4S2. The van der Waals surface area contributed by atoms with Gasteiger partial charge in [-0.15, -0.1) is 0 Å². The molecule has 8 rings (SSSR count). The van der Waals surface area contributed by atoms with Gasteiger partial charge in [0.2, 0.25) is 23.8 Å². The van der Waals surface area contributed by atoms with Gasteiger partial charge in [-0.1, -0.05) is 12.1 Å². The number of nitrogens with zero attached hydrogens (tertiary/aromatic N) is 9. The Morgan fingerprint density at radius 2 is 1.15 bits per heavy atom. The van der Waals surface area contributed by atoms with Gasteiger partial charge in [0.25, 0.3) is 0 Å². The molecule has 62 heavy (non-hydrogen) atoms. The molecule has 336 valence electrons. The van der Waals surface area contributed by atoms with Gasteiger partial charge in [-0.2, -0.15) is 53.4 Å². The summed E-state index contributed by atoms with van der Waals surface area (Å²) in [6.45, 7) is 13.5. The minimum Gasteiger partial charge on any atom is -0.493 e. The maximum atomic E-state index is 13.6. The van der Waals surface area contributed by atoms with Crippen LogP contribution in [0, 0.1) is 5.82 Å². The third-order valence-electron chi connectivity index (χ3n) is 11.0. The second-order valence-electron chi connectivity index (χ2n) is 15.3. The molecule has 2 aromatic heterocycles. The van der Waals surface area contributed by atoms with E-state index < -0.39 is 0 Å². The van der Waals surface area contributed by atoms with Gasteiger partial charge in [-0.3, -0.25) is 4.90 Å². The first-order valence-electron chi connectivity index (χ1n) is 21.8. The summed E-state index contributed by atoms with van der Waals surface area (Å²) in [5, 5.41) is 10.3. The fraction of sp³-hybridized carbons (Fsp3) is 0.581. The summed E-state index contributed by atoms with van der Waals surface area (Å²) in [5.74, 6) is 8.21. The fourth-order valence-electron chi connectivity index (χ4n) is 7.81. The van der Waals surface area contributed by atoms with E-state index in [2.05, 4.69) is 67.7 Å². The summed E-state index contributed by atoms with van der Waals surface area (Å²) in [6, 6.07) is 12.1. The number of likely N-dealkylation sites (tertiary alicyclic amines) is 1. The number of piperidine rings is 2. The van der Waals surface area contributed by atoms with Crippen molar-refractivity contribution in [3.8, 4) is 34.6 Å². The lowest BCUT2D eigenvalue weighted by Crippen LogP contribution is -2.39. The van der Waals surface area contributed by atoms with E-state index in [1.54, 1.807) is 26.4 Å². The molecule has 6 heterocycles. The van der Waals surface area contributed by atoms with Crippen molar-refractivity contribution >= 4 is 47.3 Å². The summed E-state index contributed by atoms with van der Waals surface area (Å²) >= 11 is 3.92. The van der Waals surface area contributed by atoms with Crippen LogP contribution in [0.2, 0.25) is 0 Å². The Hall–Kier alpha value is -4.59. The van der Waals surface area contributed by atoms with Crippen molar-refractivity contribution in [2.45, 2.75) is 58.2 Å². The lowest BCUT2D eigenvalue weighted by Gasteiger charge is -2.33. The largest absolute Gasteiger partial charge is 0.493 e. The smallest absolute Gasteiger partial charge is 0.322 e. The number of benzene rings is 2. The maximum absolute atomic E-state index is 13.6. The van der Waals surface area contributed by atoms with E-state index in [9.17, 15) is 4.39 Å². The molecule has 4 aromatic rings. The predicted octanol–water partition coefficient (Wildman–Crippen LogP) is 5.71. The van der Waals surface area contributed by atoms with Crippen molar-refractivity contribution in [2.75, 3.05) is 123 Å². The number of hydrogen-bond acceptors (Lipinski definition) is 18. The van der Waals surface area contributed by atoms with E-state index in [0.717, 1.165) is 142 Å². The highest BCUT2D eigenvalue weighted by atomic mass is 32.2. The topological polar surface area (TPSA) is 160 Å². The number of rotatable bonds is 15. The lowest BCUT2D eigenvalue weighted by molar-refractivity contribution is 0.210. The zero-order valence-electron chi connectivity index (χ0n) is 36.4. The van der Waals surface area contributed by atoms with Crippen LogP contribution in [0.4, 0.5) is 28.2 Å². The Morgan fingerprint density at radius 1 is 0.661 bits per heavy atom. The lowest BCUT2D eigenvalue weighted by atomic mass is 9.99. The number of thioether (sulfide) groups is 2. The van der Waals surface area contributed by atoms with Crippen LogP contribution in [0.1, 0.15) is 45.1 Å². The Morgan fingerprint density at radius 3 is 1.61 bits per heavy atom. The van der Waals surface area contributed by atoms with Crippen molar-refractivity contribution in [3.63, 3.8) is 0 Å². The first-order chi connectivity index (χ1) is 30.4. The molecular weight excluding hydrogens is 832 g/mol. The third-order valence-corrected chi connectivity index (χ3v) is 12.9. The minimum absolute atomic E-state index is 0.266. The van der Waals surface area contributed by atoms with Crippen molar-refractivity contribution in [1.82, 2.24) is 40.1 Å². The number of nitrogens with one attached hydrogen (secondary N) is 3. The highest BCUT2D eigenvalue weighted by Crippen LogP contribution is 2.40. The number of hydrogen-bond donors (Lipinski definition) is 3. The number of methoxy groups -OCH3 is 2. The van der Waals surface area contributed by atoms with Crippen molar-refractivity contribution in [2.24, 2.45) is 0 Å². The van der Waals surface area contributed by atoms with Crippen LogP contribution in [-0.4, -0.2) is 150 Å². The molecule has 4 aliphatic rings. The van der Waals surface area contributed by atoms with E-state index in [0.29, 0.717) is 49.1 Å². The average Bonchev–Trinajstić information content (AvgIpc) is 3.31. The average molecular weight is 893 g/mol. The quantitative estimate of drug-likeness (QED) is 0.133. The minimum atomic E-state index is -0.268. The predicted molar refractivity (Wildman–Crippen MR) is 247 cm³/mol. The molecule has 0 aliphatic carbocycles. The Bertz CT molecular complexity index is 1970. The highest BCUT2D eigenvalue weighted by Gasteiger charge is 2.24. The van der Waals surface area contributed by atoms with Gasteiger partial charge >= 0.3 is 12.0 Å². The van der Waals surface area contributed by atoms with Gasteiger partial charge in [0.05, 0.1) is 33.0 Å².